The normalized spacial score (nSPS) is 11.7. The number of rotatable bonds is 19. The van der Waals surface area contributed by atoms with Crippen LogP contribution in [0.4, 0.5) is 0 Å². The Hall–Kier alpha value is -0.310. The van der Waals surface area contributed by atoms with E-state index in [0.29, 0.717) is 6.61 Å². The molecule has 0 aliphatic rings. The second-order valence-electron chi connectivity index (χ2n) is 7.40. The van der Waals surface area contributed by atoms with Crippen molar-refractivity contribution >= 4 is 21.9 Å². The third kappa shape index (κ3) is 18.5. The Balaban J connectivity index is 3.93. The molecule has 0 unspecified atom stereocenters. The first kappa shape index (κ1) is 25.7. The third-order valence-corrected chi connectivity index (χ3v) is 5.36. The van der Waals surface area contributed by atoms with Crippen LogP contribution in [0.2, 0.25) is 0 Å². The maximum Gasteiger partial charge on any atom is 0.330 e. The number of carbonyl (C=O) groups is 1. The summed E-state index contributed by atoms with van der Waals surface area (Å²) in [5.74, 6) is -0.129. The molecule has 0 bridgehead atoms. The number of carbonyl (C=O) groups excluding carboxylic acids is 1. The molecular weight excluding hydrogens is 388 g/mol. The van der Waals surface area contributed by atoms with Gasteiger partial charge in [-0.25, -0.2) is 4.79 Å². The molecule has 0 aliphatic heterocycles. The molecule has 154 valence electrons. The number of ether oxygens (including phenoxy) is 1. The highest BCUT2D eigenvalue weighted by atomic mass is 79.9. The SMILES string of the molecule is CCCCCCCCCC/C(=C/C(=O)OCCCCCCBr)CCCC. The molecule has 2 nitrogen and oxygen atoms in total. The highest BCUT2D eigenvalue weighted by Crippen LogP contribution is 2.17. The molecular formula is C23H43BrO2. The minimum absolute atomic E-state index is 0.129. The van der Waals surface area contributed by atoms with Crippen LogP contribution in [0.5, 0.6) is 0 Å². The van der Waals surface area contributed by atoms with Crippen molar-refractivity contribution in [1.82, 2.24) is 0 Å². The molecule has 0 radical (unpaired) electrons. The van der Waals surface area contributed by atoms with Crippen LogP contribution in [0.1, 0.15) is 117 Å². The molecule has 0 aliphatic carbocycles. The number of hydrogen-bond donors (Lipinski definition) is 0. The van der Waals surface area contributed by atoms with Crippen LogP contribution in [-0.2, 0) is 9.53 Å². The van der Waals surface area contributed by atoms with Gasteiger partial charge in [0.25, 0.3) is 0 Å². The van der Waals surface area contributed by atoms with Crippen LogP contribution in [0.3, 0.4) is 0 Å². The molecule has 0 aromatic heterocycles. The Morgan fingerprint density at radius 3 is 1.92 bits per heavy atom. The van der Waals surface area contributed by atoms with Crippen molar-refractivity contribution in [2.24, 2.45) is 0 Å². The summed E-state index contributed by atoms with van der Waals surface area (Å²) in [4.78, 5) is 12.0. The lowest BCUT2D eigenvalue weighted by Crippen LogP contribution is -2.04. The van der Waals surface area contributed by atoms with E-state index in [1.54, 1.807) is 6.08 Å². The molecule has 0 saturated heterocycles. The fourth-order valence-corrected chi connectivity index (χ4v) is 3.49. The Labute approximate surface area is 171 Å². The van der Waals surface area contributed by atoms with Crippen molar-refractivity contribution in [3.8, 4) is 0 Å². The highest BCUT2D eigenvalue weighted by molar-refractivity contribution is 9.09. The Morgan fingerprint density at radius 1 is 0.731 bits per heavy atom. The van der Waals surface area contributed by atoms with E-state index in [4.69, 9.17) is 4.74 Å². The second kappa shape index (κ2) is 21.0. The van der Waals surface area contributed by atoms with Gasteiger partial charge in [0.2, 0.25) is 0 Å². The van der Waals surface area contributed by atoms with E-state index < -0.39 is 0 Å². The topological polar surface area (TPSA) is 26.3 Å². The summed E-state index contributed by atoms with van der Waals surface area (Å²) >= 11 is 3.44. The number of hydrogen-bond acceptors (Lipinski definition) is 2. The lowest BCUT2D eigenvalue weighted by atomic mass is 10.0. The lowest BCUT2D eigenvalue weighted by Gasteiger charge is -2.08. The van der Waals surface area contributed by atoms with Crippen molar-refractivity contribution in [1.29, 1.82) is 0 Å². The number of alkyl halides is 1. The molecule has 0 fully saturated rings. The zero-order chi connectivity index (χ0) is 19.3. The molecule has 0 rings (SSSR count). The molecule has 0 spiro atoms. The molecule has 0 N–H and O–H groups in total. The molecule has 0 aromatic rings. The van der Waals surface area contributed by atoms with Crippen molar-refractivity contribution in [3.63, 3.8) is 0 Å². The number of halogens is 1. The Morgan fingerprint density at radius 2 is 1.27 bits per heavy atom. The van der Waals surface area contributed by atoms with E-state index in [1.165, 1.54) is 82.6 Å². The van der Waals surface area contributed by atoms with E-state index in [1.807, 2.05) is 0 Å². The summed E-state index contributed by atoms with van der Waals surface area (Å²) in [7, 11) is 0. The number of esters is 1. The third-order valence-electron chi connectivity index (χ3n) is 4.80. The first-order valence-corrected chi connectivity index (χ1v) is 12.3. The molecule has 26 heavy (non-hydrogen) atoms. The maximum atomic E-state index is 12.0. The fourth-order valence-electron chi connectivity index (χ4n) is 3.09. The summed E-state index contributed by atoms with van der Waals surface area (Å²) in [6, 6.07) is 0. The van der Waals surface area contributed by atoms with Gasteiger partial charge in [-0.1, -0.05) is 99.6 Å². The van der Waals surface area contributed by atoms with Crippen molar-refractivity contribution in [2.45, 2.75) is 117 Å². The van der Waals surface area contributed by atoms with Crippen molar-refractivity contribution in [2.75, 3.05) is 11.9 Å². The van der Waals surface area contributed by atoms with Crippen LogP contribution in [0.15, 0.2) is 11.6 Å². The second-order valence-corrected chi connectivity index (χ2v) is 8.19. The zero-order valence-corrected chi connectivity index (χ0v) is 19.1. The van der Waals surface area contributed by atoms with Crippen molar-refractivity contribution < 1.29 is 9.53 Å². The van der Waals surface area contributed by atoms with Gasteiger partial charge in [-0.3, -0.25) is 0 Å². The summed E-state index contributed by atoms with van der Waals surface area (Å²) in [6.07, 6.45) is 21.5. The van der Waals surface area contributed by atoms with E-state index in [9.17, 15) is 4.79 Å². The Kier molecular flexibility index (Phi) is 20.7. The number of allylic oxidation sites excluding steroid dienone is 1. The van der Waals surface area contributed by atoms with Gasteiger partial charge in [0.1, 0.15) is 0 Å². The van der Waals surface area contributed by atoms with Crippen LogP contribution < -0.4 is 0 Å². The van der Waals surface area contributed by atoms with E-state index >= 15 is 0 Å². The van der Waals surface area contributed by atoms with E-state index in [-0.39, 0.29) is 5.97 Å². The molecule has 3 heteroatoms. The molecule has 0 amide bonds. The van der Waals surface area contributed by atoms with Crippen LogP contribution in [-0.4, -0.2) is 17.9 Å². The van der Waals surface area contributed by atoms with Gasteiger partial charge in [-0.2, -0.15) is 0 Å². The summed E-state index contributed by atoms with van der Waals surface area (Å²) in [5.41, 5.74) is 1.29. The van der Waals surface area contributed by atoms with Crippen LogP contribution >= 0.6 is 15.9 Å². The molecule has 0 heterocycles. The molecule has 0 atom stereocenters. The summed E-state index contributed by atoms with van der Waals surface area (Å²) in [5, 5.41) is 1.06. The highest BCUT2D eigenvalue weighted by Gasteiger charge is 2.04. The monoisotopic (exact) mass is 430 g/mol. The number of unbranched alkanes of at least 4 members (excludes halogenated alkanes) is 11. The predicted molar refractivity (Wildman–Crippen MR) is 118 cm³/mol. The lowest BCUT2D eigenvalue weighted by molar-refractivity contribution is -0.137. The maximum absolute atomic E-state index is 12.0. The quantitative estimate of drug-likeness (QED) is 0.0893. The zero-order valence-electron chi connectivity index (χ0n) is 17.5. The smallest absolute Gasteiger partial charge is 0.330 e. The van der Waals surface area contributed by atoms with Crippen molar-refractivity contribution in [3.05, 3.63) is 11.6 Å². The van der Waals surface area contributed by atoms with Gasteiger partial charge in [-0.05, 0) is 38.5 Å². The minimum atomic E-state index is -0.129. The predicted octanol–water partition coefficient (Wildman–Crippen LogP) is 8.13. The first-order valence-electron chi connectivity index (χ1n) is 11.2. The summed E-state index contributed by atoms with van der Waals surface area (Å²) < 4.78 is 5.39. The Bertz CT molecular complexity index is 339. The van der Waals surface area contributed by atoms with E-state index in [2.05, 4.69) is 29.8 Å². The van der Waals surface area contributed by atoms with Gasteiger partial charge in [0.15, 0.2) is 0 Å². The van der Waals surface area contributed by atoms with Crippen LogP contribution in [0.25, 0.3) is 0 Å². The van der Waals surface area contributed by atoms with Crippen LogP contribution in [0, 0.1) is 0 Å². The van der Waals surface area contributed by atoms with Gasteiger partial charge in [0.05, 0.1) is 6.61 Å². The van der Waals surface area contributed by atoms with E-state index in [0.717, 1.165) is 31.0 Å². The summed E-state index contributed by atoms with van der Waals surface area (Å²) in [6.45, 7) is 5.04. The van der Waals surface area contributed by atoms with Gasteiger partial charge in [-0.15, -0.1) is 0 Å². The average Bonchev–Trinajstić information content (AvgIpc) is 2.64. The van der Waals surface area contributed by atoms with Gasteiger partial charge < -0.3 is 4.74 Å². The standard InChI is InChI=1S/C23H43BrO2/c1-3-5-7-8-9-10-11-14-18-22(17-6-4-2)21-23(25)26-20-16-13-12-15-19-24/h21H,3-20H2,1-2H3/b22-21+. The first-order chi connectivity index (χ1) is 12.7. The minimum Gasteiger partial charge on any atom is -0.463 e. The molecule has 0 saturated carbocycles. The van der Waals surface area contributed by atoms with Gasteiger partial charge >= 0.3 is 5.97 Å². The van der Waals surface area contributed by atoms with Gasteiger partial charge in [0, 0.05) is 11.4 Å². The average molecular weight is 431 g/mol. The molecule has 0 aromatic carbocycles. The fraction of sp³-hybridized carbons (Fsp3) is 0.870. The largest absolute Gasteiger partial charge is 0.463 e.